The molecule has 29 heavy (non-hydrogen) atoms. The number of aromatic nitrogens is 2. The van der Waals surface area contributed by atoms with Crippen molar-refractivity contribution in [2.45, 2.75) is 19.6 Å². The molecule has 1 aliphatic heterocycles. The molecule has 0 unspecified atom stereocenters. The first kappa shape index (κ1) is 18.9. The lowest BCUT2D eigenvalue weighted by molar-refractivity contribution is -0.141. The van der Waals surface area contributed by atoms with Crippen LogP contribution in [0.2, 0.25) is 0 Å². The van der Waals surface area contributed by atoms with Gasteiger partial charge in [0.2, 0.25) is 5.91 Å². The molecule has 0 bridgehead atoms. The normalized spacial score (nSPS) is 13.7. The Bertz CT molecular complexity index is 1140. The van der Waals surface area contributed by atoms with Gasteiger partial charge in [0.15, 0.2) is 5.65 Å². The van der Waals surface area contributed by atoms with E-state index in [-0.39, 0.29) is 23.9 Å². The molecule has 0 aliphatic carbocycles. The van der Waals surface area contributed by atoms with Crippen LogP contribution in [0.5, 0.6) is 0 Å². The molecule has 0 saturated carbocycles. The van der Waals surface area contributed by atoms with Crippen molar-refractivity contribution in [2.24, 2.45) is 0 Å². The number of nitrogens with one attached hydrogen (secondary N) is 1. The van der Waals surface area contributed by atoms with Crippen molar-refractivity contribution in [3.05, 3.63) is 64.8 Å². The van der Waals surface area contributed by atoms with E-state index in [1.54, 1.807) is 18.2 Å². The Hall–Kier alpha value is -3.49. The number of anilines is 1. The summed E-state index contributed by atoms with van der Waals surface area (Å²) < 4.78 is 39.0. The topological polar surface area (TPSA) is 75.2 Å². The van der Waals surface area contributed by atoms with E-state index in [0.29, 0.717) is 23.1 Å². The summed E-state index contributed by atoms with van der Waals surface area (Å²) in [6.45, 7) is 1.67. The molecule has 0 atom stereocenters. The number of pyridine rings is 2. The summed E-state index contributed by atoms with van der Waals surface area (Å²) in [5.74, 6) is -0.672. The van der Waals surface area contributed by atoms with Crippen LogP contribution in [0, 0.1) is 6.92 Å². The van der Waals surface area contributed by atoms with Gasteiger partial charge in [0, 0.05) is 17.5 Å². The standard InChI is InChI=1S/C20H15F3N4O2/c1-11-8-15(20(21,22)23)24-18-13(11)6-7-16(26-18)25-17(28)10-27-9-12-4-2-3-5-14(12)19(27)29/h2-8H,9-10H2,1H3,(H,24,25,26,28). The Balaban J connectivity index is 1.52. The second-order valence-electron chi connectivity index (χ2n) is 6.76. The predicted octanol–water partition coefficient (Wildman–Crippen LogP) is 3.55. The second kappa shape index (κ2) is 6.84. The maximum absolute atomic E-state index is 13.0. The van der Waals surface area contributed by atoms with Crippen LogP contribution in [-0.4, -0.2) is 33.2 Å². The minimum absolute atomic E-state index is 0.0675. The summed E-state index contributed by atoms with van der Waals surface area (Å²) in [4.78, 5) is 33.7. The minimum atomic E-state index is -4.59. The number of fused-ring (bicyclic) bond motifs is 2. The maximum Gasteiger partial charge on any atom is 0.433 e. The van der Waals surface area contributed by atoms with E-state index in [0.717, 1.165) is 11.6 Å². The number of hydrogen-bond donors (Lipinski definition) is 1. The van der Waals surface area contributed by atoms with Gasteiger partial charge in [-0.3, -0.25) is 9.59 Å². The Morgan fingerprint density at radius 2 is 1.93 bits per heavy atom. The summed E-state index contributed by atoms with van der Waals surface area (Å²) >= 11 is 0. The number of aryl methyl sites for hydroxylation is 1. The molecule has 1 N–H and O–H groups in total. The van der Waals surface area contributed by atoms with Gasteiger partial charge in [0.25, 0.3) is 5.91 Å². The van der Waals surface area contributed by atoms with Gasteiger partial charge >= 0.3 is 6.18 Å². The SMILES string of the molecule is Cc1cc(C(F)(F)F)nc2nc(NC(=O)CN3Cc4ccccc4C3=O)ccc12. The highest BCUT2D eigenvalue weighted by Crippen LogP contribution is 2.30. The molecule has 0 fully saturated rings. The number of halogens is 3. The van der Waals surface area contributed by atoms with Crippen LogP contribution >= 0.6 is 0 Å². The lowest BCUT2D eigenvalue weighted by Crippen LogP contribution is -2.33. The first-order chi connectivity index (χ1) is 13.7. The third kappa shape index (κ3) is 3.63. The fourth-order valence-electron chi connectivity index (χ4n) is 3.28. The van der Waals surface area contributed by atoms with E-state index >= 15 is 0 Å². The number of hydrogen-bond acceptors (Lipinski definition) is 4. The molecule has 1 aliphatic rings. The van der Waals surface area contributed by atoms with Gasteiger partial charge in [-0.05, 0) is 42.3 Å². The summed E-state index contributed by atoms with van der Waals surface area (Å²) in [5, 5.41) is 2.98. The van der Waals surface area contributed by atoms with Crippen LogP contribution in [0.15, 0.2) is 42.5 Å². The van der Waals surface area contributed by atoms with Crippen molar-refractivity contribution in [3.63, 3.8) is 0 Å². The van der Waals surface area contributed by atoms with Crippen molar-refractivity contribution in [3.8, 4) is 0 Å². The lowest BCUT2D eigenvalue weighted by Gasteiger charge is -2.15. The Kier molecular flexibility index (Phi) is 4.45. The molecule has 148 valence electrons. The van der Waals surface area contributed by atoms with E-state index < -0.39 is 17.8 Å². The molecule has 9 heteroatoms. The molecule has 0 spiro atoms. The number of carbonyl (C=O) groups excluding carboxylic acids is 2. The number of benzene rings is 1. The van der Waals surface area contributed by atoms with Crippen molar-refractivity contribution in [1.82, 2.24) is 14.9 Å². The molecule has 2 amide bonds. The van der Waals surface area contributed by atoms with Crippen LogP contribution < -0.4 is 5.32 Å². The van der Waals surface area contributed by atoms with E-state index in [4.69, 9.17) is 0 Å². The minimum Gasteiger partial charge on any atom is -0.325 e. The molecule has 6 nitrogen and oxygen atoms in total. The van der Waals surface area contributed by atoms with Crippen LogP contribution in [0.25, 0.3) is 11.0 Å². The molecule has 1 aromatic carbocycles. The van der Waals surface area contributed by atoms with Crippen LogP contribution in [0.4, 0.5) is 19.0 Å². The lowest BCUT2D eigenvalue weighted by atomic mass is 10.1. The van der Waals surface area contributed by atoms with Crippen LogP contribution in [0.3, 0.4) is 0 Å². The van der Waals surface area contributed by atoms with Crippen molar-refractivity contribution in [2.75, 3.05) is 11.9 Å². The van der Waals surface area contributed by atoms with Gasteiger partial charge in [-0.15, -0.1) is 0 Å². The van der Waals surface area contributed by atoms with Crippen molar-refractivity contribution < 1.29 is 22.8 Å². The first-order valence-electron chi connectivity index (χ1n) is 8.75. The quantitative estimate of drug-likeness (QED) is 0.730. The fourth-order valence-corrected chi connectivity index (χ4v) is 3.28. The van der Waals surface area contributed by atoms with E-state index in [1.807, 2.05) is 12.1 Å². The molecule has 4 rings (SSSR count). The third-order valence-electron chi connectivity index (χ3n) is 4.67. The van der Waals surface area contributed by atoms with Gasteiger partial charge in [-0.25, -0.2) is 9.97 Å². The molecule has 2 aromatic heterocycles. The monoisotopic (exact) mass is 400 g/mol. The smallest absolute Gasteiger partial charge is 0.325 e. The number of nitrogens with zero attached hydrogens (tertiary/aromatic N) is 3. The predicted molar refractivity (Wildman–Crippen MR) is 99.1 cm³/mol. The molecule has 0 saturated heterocycles. The van der Waals surface area contributed by atoms with E-state index in [2.05, 4.69) is 15.3 Å². The number of carbonyl (C=O) groups is 2. The highest BCUT2D eigenvalue weighted by atomic mass is 19.4. The van der Waals surface area contributed by atoms with Crippen LogP contribution in [0.1, 0.15) is 27.2 Å². The fraction of sp³-hybridized carbons (Fsp3) is 0.200. The van der Waals surface area contributed by atoms with Gasteiger partial charge in [-0.2, -0.15) is 13.2 Å². The molecular formula is C20H15F3N4O2. The largest absolute Gasteiger partial charge is 0.433 e. The van der Waals surface area contributed by atoms with Gasteiger partial charge in [-0.1, -0.05) is 18.2 Å². The van der Waals surface area contributed by atoms with E-state index in [9.17, 15) is 22.8 Å². The number of rotatable bonds is 3. The first-order valence-corrected chi connectivity index (χ1v) is 8.75. The Morgan fingerprint density at radius 3 is 2.66 bits per heavy atom. The highest BCUT2D eigenvalue weighted by molar-refractivity contribution is 6.02. The van der Waals surface area contributed by atoms with Gasteiger partial charge < -0.3 is 10.2 Å². The zero-order valence-electron chi connectivity index (χ0n) is 15.2. The molecule has 3 aromatic rings. The van der Waals surface area contributed by atoms with Crippen molar-refractivity contribution in [1.29, 1.82) is 0 Å². The summed E-state index contributed by atoms with van der Waals surface area (Å²) in [5.41, 5.74) is 0.629. The van der Waals surface area contributed by atoms with Gasteiger partial charge in [0.05, 0.1) is 0 Å². The van der Waals surface area contributed by atoms with E-state index in [1.165, 1.54) is 17.9 Å². The second-order valence-corrected chi connectivity index (χ2v) is 6.76. The zero-order chi connectivity index (χ0) is 20.8. The highest BCUT2D eigenvalue weighted by Gasteiger charge is 2.33. The third-order valence-corrected chi connectivity index (χ3v) is 4.67. The summed E-state index contributed by atoms with van der Waals surface area (Å²) in [7, 11) is 0. The summed E-state index contributed by atoms with van der Waals surface area (Å²) in [6, 6.07) is 11.1. The Labute approximate surface area is 163 Å². The number of amides is 2. The zero-order valence-corrected chi connectivity index (χ0v) is 15.2. The Morgan fingerprint density at radius 1 is 1.17 bits per heavy atom. The molecular weight excluding hydrogens is 385 g/mol. The van der Waals surface area contributed by atoms with Gasteiger partial charge in [0.1, 0.15) is 18.1 Å². The molecule has 0 radical (unpaired) electrons. The van der Waals surface area contributed by atoms with Crippen molar-refractivity contribution >= 4 is 28.7 Å². The molecule has 3 heterocycles. The van der Waals surface area contributed by atoms with Crippen LogP contribution in [-0.2, 0) is 17.5 Å². The summed E-state index contributed by atoms with van der Waals surface area (Å²) in [6.07, 6.45) is -4.59. The maximum atomic E-state index is 13.0. The number of alkyl halides is 3. The average molecular weight is 400 g/mol. The average Bonchev–Trinajstić information content (AvgIpc) is 2.96.